The van der Waals surface area contributed by atoms with Crippen molar-refractivity contribution in [3.63, 3.8) is 0 Å². The van der Waals surface area contributed by atoms with Gasteiger partial charge in [0.15, 0.2) is 5.15 Å². The molecule has 0 saturated carbocycles. The molecule has 0 aromatic carbocycles. The molecule has 4 nitrogen and oxygen atoms in total. The number of nitrogens with zero attached hydrogens (tertiary/aromatic N) is 4. The number of nitriles is 1. The van der Waals surface area contributed by atoms with E-state index in [1.165, 1.54) is 0 Å². The Balaban J connectivity index is 2.52. The van der Waals surface area contributed by atoms with Gasteiger partial charge >= 0.3 is 0 Å². The van der Waals surface area contributed by atoms with Gasteiger partial charge in [-0.05, 0) is 18.2 Å². The topological polar surface area (TPSA) is 62.5 Å². The van der Waals surface area contributed by atoms with E-state index in [0.717, 1.165) is 0 Å². The molecule has 0 unspecified atom stereocenters. The first-order valence-electron chi connectivity index (χ1n) is 4.16. The summed E-state index contributed by atoms with van der Waals surface area (Å²) < 4.78 is 0. The fourth-order valence-corrected chi connectivity index (χ4v) is 1.23. The van der Waals surface area contributed by atoms with Gasteiger partial charge in [0.05, 0.1) is 11.3 Å². The zero-order valence-corrected chi connectivity index (χ0v) is 8.31. The van der Waals surface area contributed by atoms with Crippen molar-refractivity contribution in [2.45, 2.75) is 0 Å². The van der Waals surface area contributed by atoms with Crippen LogP contribution in [0.3, 0.4) is 0 Å². The molecular formula is C10H5ClN4. The quantitative estimate of drug-likeness (QED) is 0.732. The van der Waals surface area contributed by atoms with Crippen LogP contribution < -0.4 is 0 Å². The molecule has 0 aliphatic rings. The Kier molecular flexibility index (Phi) is 2.57. The Morgan fingerprint density at radius 2 is 2.07 bits per heavy atom. The van der Waals surface area contributed by atoms with Gasteiger partial charge in [0, 0.05) is 6.20 Å². The molecule has 0 N–H and O–H groups in total. The Labute approximate surface area is 91.2 Å². The summed E-state index contributed by atoms with van der Waals surface area (Å²) in [5, 5.41) is 16.4. The molecule has 15 heavy (non-hydrogen) atoms. The van der Waals surface area contributed by atoms with Crippen LogP contribution in [0.5, 0.6) is 0 Å². The van der Waals surface area contributed by atoms with E-state index in [2.05, 4.69) is 15.2 Å². The SMILES string of the molecule is N#Cc1cc(-c2ccccn2)nnc1Cl. The van der Waals surface area contributed by atoms with Gasteiger partial charge in [-0.25, -0.2) is 0 Å². The number of hydrogen-bond donors (Lipinski definition) is 0. The van der Waals surface area contributed by atoms with Crippen LogP contribution in [0.1, 0.15) is 5.56 Å². The summed E-state index contributed by atoms with van der Waals surface area (Å²) in [5.41, 5.74) is 1.50. The molecule has 0 saturated heterocycles. The van der Waals surface area contributed by atoms with Crippen LogP contribution in [0.15, 0.2) is 30.5 Å². The monoisotopic (exact) mass is 216 g/mol. The van der Waals surface area contributed by atoms with Crippen LogP contribution in [0.4, 0.5) is 0 Å². The molecule has 0 radical (unpaired) electrons. The first-order chi connectivity index (χ1) is 7.31. The molecule has 0 spiro atoms. The smallest absolute Gasteiger partial charge is 0.169 e. The maximum atomic E-state index is 8.77. The van der Waals surface area contributed by atoms with E-state index in [1.807, 2.05) is 12.1 Å². The molecule has 0 fully saturated rings. The molecule has 0 aliphatic carbocycles. The van der Waals surface area contributed by atoms with Crippen LogP contribution >= 0.6 is 11.6 Å². The molecule has 2 rings (SSSR count). The lowest BCUT2D eigenvalue weighted by Crippen LogP contribution is -1.92. The van der Waals surface area contributed by atoms with Gasteiger partial charge in [-0.2, -0.15) is 5.26 Å². The maximum absolute atomic E-state index is 8.77. The van der Waals surface area contributed by atoms with E-state index in [4.69, 9.17) is 16.9 Å². The maximum Gasteiger partial charge on any atom is 0.169 e. The minimum Gasteiger partial charge on any atom is -0.255 e. The first-order valence-corrected chi connectivity index (χ1v) is 4.54. The van der Waals surface area contributed by atoms with Crippen LogP contribution in [0, 0.1) is 11.3 Å². The second-order valence-electron chi connectivity index (χ2n) is 2.76. The lowest BCUT2D eigenvalue weighted by atomic mass is 10.2. The Morgan fingerprint density at radius 3 is 2.73 bits per heavy atom. The molecule has 2 aromatic rings. The fraction of sp³-hybridized carbons (Fsp3) is 0. The lowest BCUT2D eigenvalue weighted by molar-refractivity contribution is 1.02. The highest BCUT2D eigenvalue weighted by atomic mass is 35.5. The Morgan fingerprint density at radius 1 is 1.20 bits per heavy atom. The predicted octanol–water partition coefficient (Wildman–Crippen LogP) is 2.06. The minimum atomic E-state index is 0.109. The van der Waals surface area contributed by atoms with Gasteiger partial charge in [0.25, 0.3) is 0 Å². The normalized spacial score (nSPS) is 9.60. The van der Waals surface area contributed by atoms with Gasteiger partial charge < -0.3 is 0 Å². The molecular weight excluding hydrogens is 212 g/mol. The van der Waals surface area contributed by atoms with Crippen LogP contribution in [0.2, 0.25) is 5.15 Å². The summed E-state index contributed by atoms with van der Waals surface area (Å²) in [6.45, 7) is 0. The zero-order chi connectivity index (χ0) is 10.7. The molecule has 72 valence electrons. The molecule has 2 heterocycles. The minimum absolute atomic E-state index is 0.109. The summed E-state index contributed by atoms with van der Waals surface area (Å²) >= 11 is 5.67. The second kappa shape index (κ2) is 4.03. The van der Waals surface area contributed by atoms with Crippen molar-refractivity contribution in [2.24, 2.45) is 0 Å². The molecule has 2 aromatic heterocycles. The third-order valence-electron chi connectivity index (χ3n) is 1.80. The number of aromatic nitrogens is 3. The van der Waals surface area contributed by atoms with Crippen molar-refractivity contribution >= 4 is 11.6 Å². The van der Waals surface area contributed by atoms with Crippen LogP contribution in [-0.2, 0) is 0 Å². The lowest BCUT2D eigenvalue weighted by Gasteiger charge is -1.99. The third kappa shape index (κ3) is 1.92. The summed E-state index contributed by atoms with van der Waals surface area (Å²) in [6.07, 6.45) is 1.65. The fourth-order valence-electron chi connectivity index (χ4n) is 1.09. The molecule has 0 bridgehead atoms. The average Bonchev–Trinajstić information content (AvgIpc) is 2.31. The number of hydrogen-bond acceptors (Lipinski definition) is 4. The molecule has 5 heteroatoms. The summed E-state index contributed by atoms with van der Waals surface area (Å²) in [5.74, 6) is 0. The molecule has 0 aliphatic heterocycles. The first kappa shape index (κ1) is 9.56. The number of pyridine rings is 1. The van der Waals surface area contributed by atoms with Gasteiger partial charge in [0.1, 0.15) is 11.8 Å². The van der Waals surface area contributed by atoms with Crippen molar-refractivity contribution in [1.82, 2.24) is 15.2 Å². The standard InChI is InChI=1S/C10H5ClN4/c11-10-7(6-12)5-9(14-15-10)8-3-1-2-4-13-8/h1-5H. The van der Waals surface area contributed by atoms with E-state index in [1.54, 1.807) is 24.4 Å². The van der Waals surface area contributed by atoms with Gasteiger partial charge in [-0.3, -0.25) is 4.98 Å². The van der Waals surface area contributed by atoms with Crippen molar-refractivity contribution in [1.29, 1.82) is 5.26 Å². The Bertz CT molecular complexity index is 519. The Hall–Kier alpha value is -1.99. The molecule has 0 amide bonds. The van der Waals surface area contributed by atoms with Gasteiger partial charge in [-0.1, -0.05) is 17.7 Å². The largest absolute Gasteiger partial charge is 0.255 e. The number of rotatable bonds is 1. The van der Waals surface area contributed by atoms with Crippen LogP contribution in [-0.4, -0.2) is 15.2 Å². The summed E-state index contributed by atoms with van der Waals surface area (Å²) in [7, 11) is 0. The highest BCUT2D eigenvalue weighted by Gasteiger charge is 2.06. The van der Waals surface area contributed by atoms with E-state index >= 15 is 0 Å². The van der Waals surface area contributed by atoms with Gasteiger partial charge in [-0.15, -0.1) is 10.2 Å². The number of halogens is 1. The van der Waals surface area contributed by atoms with Gasteiger partial charge in [0.2, 0.25) is 0 Å². The van der Waals surface area contributed by atoms with E-state index in [9.17, 15) is 0 Å². The van der Waals surface area contributed by atoms with Crippen LogP contribution in [0.25, 0.3) is 11.4 Å². The van der Waals surface area contributed by atoms with Crippen molar-refractivity contribution < 1.29 is 0 Å². The van der Waals surface area contributed by atoms with E-state index in [-0.39, 0.29) is 5.15 Å². The summed E-state index contributed by atoms with van der Waals surface area (Å²) in [6, 6.07) is 8.94. The van der Waals surface area contributed by atoms with Crippen molar-refractivity contribution in [2.75, 3.05) is 0 Å². The van der Waals surface area contributed by atoms with E-state index in [0.29, 0.717) is 17.0 Å². The van der Waals surface area contributed by atoms with Crippen molar-refractivity contribution in [3.8, 4) is 17.5 Å². The highest BCUT2D eigenvalue weighted by Crippen LogP contribution is 2.17. The predicted molar refractivity (Wildman–Crippen MR) is 55.0 cm³/mol. The highest BCUT2D eigenvalue weighted by molar-refractivity contribution is 6.30. The summed E-state index contributed by atoms with van der Waals surface area (Å²) in [4.78, 5) is 4.10. The van der Waals surface area contributed by atoms with Crippen molar-refractivity contribution in [3.05, 3.63) is 41.2 Å². The average molecular weight is 217 g/mol. The third-order valence-corrected chi connectivity index (χ3v) is 2.08. The van der Waals surface area contributed by atoms with E-state index < -0.39 is 0 Å². The second-order valence-corrected chi connectivity index (χ2v) is 3.12. The zero-order valence-electron chi connectivity index (χ0n) is 7.55. The molecule has 0 atom stereocenters.